The van der Waals surface area contributed by atoms with Crippen LogP contribution in [0.25, 0.3) is 0 Å². The molecule has 0 amide bonds. The molecule has 2 heterocycles. The minimum absolute atomic E-state index is 0.0216. The highest BCUT2D eigenvalue weighted by Gasteiger charge is 2.72. The van der Waals surface area contributed by atoms with Crippen LogP contribution < -0.4 is 0 Å². The number of hydrogen-bond donors (Lipinski definition) is 0. The third kappa shape index (κ3) is 3.53. The molecule has 2 aliphatic carbocycles. The van der Waals surface area contributed by atoms with Gasteiger partial charge in [-0.1, -0.05) is 73.5 Å². The molecule has 2 aromatic carbocycles. The van der Waals surface area contributed by atoms with E-state index in [2.05, 4.69) is 41.3 Å². The fourth-order valence-electron chi connectivity index (χ4n) is 8.33. The van der Waals surface area contributed by atoms with Crippen LogP contribution in [-0.2, 0) is 4.74 Å². The maximum absolute atomic E-state index is 10.9. The van der Waals surface area contributed by atoms with Crippen molar-refractivity contribution < 1.29 is 4.74 Å². The van der Waals surface area contributed by atoms with Crippen molar-refractivity contribution in [3.63, 3.8) is 0 Å². The van der Waals surface area contributed by atoms with Crippen molar-refractivity contribution in [2.24, 2.45) is 22.7 Å². The minimum atomic E-state index is -1.94. The van der Waals surface area contributed by atoms with Crippen LogP contribution in [0.15, 0.2) is 72.5 Å². The molecular formula is C34H33N5O. The van der Waals surface area contributed by atoms with Crippen molar-refractivity contribution in [1.29, 1.82) is 21.0 Å². The van der Waals surface area contributed by atoms with E-state index in [1.165, 1.54) is 6.42 Å². The number of ether oxygens (including phenoxy) is 1. The van der Waals surface area contributed by atoms with Crippen molar-refractivity contribution >= 4 is 0 Å². The van der Waals surface area contributed by atoms with Gasteiger partial charge in [0.1, 0.15) is 5.76 Å². The van der Waals surface area contributed by atoms with E-state index < -0.39 is 28.4 Å². The predicted molar refractivity (Wildman–Crippen MR) is 148 cm³/mol. The van der Waals surface area contributed by atoms with Crippen LogP contribution in [0.5, 0.6) is 0 Å². The van der Waals surface area contributed by atoms with Gasteiger partial charge in [-0.15, -0.1) is 0 Å². The highest BCUT2D eigenvalue weighted by Crippen LogP contribution is 2.68. The lowest BCUT2D eigenvalue weighted by Crippen LogP contribution is -2.66. The van der Waals surface area contributed by atoms with Crippen LogP contribution >= 0.6 is 0 Å². The second-order valence-corrected chi connectivity index (χ2v) is 11.8. The normalized spacial score (nSPS) is 32.2. The summed E-state index contributed by atoms with van der Waals surface area (Å²) in [5.41, 5.74) is -2.63. The highest BCUT2D eigenvalue weighted by molar-refractivity contribution is 5.51. The molecule has 0 N–H and O–H groups in total. The van der Waals surface area contributed by atoms with E-state index in [1.807, 2.05) is 54.6 Å². The fourth-order valence-corrected chi connectivity index (χ4v) is 8.33. The number of piperidine rings is 1. The molecule has 2 aliphatic heterocycles. The second-order valence-electron chi connectivity index (χ2n) is 11.8. The third-order valence-corrected chi connectivity index (χ3v) is 10.1. The van der Waals surface area contributed by atoms with Crippen LogP contribution in [0.1, 0.15) is 67.9 Å². The average molecular weight is 528 g/mol. The number of nitrogens with zero attached hydrogens (tertiary/aromatic N) is 5. The summed E-state index contributed by atoms with van der Waals surface area (Å²) in [5.74, 6) is -1.17. The van der Waals surface area contributed by atoms with Crippen LogP contribution in [0.2, 0.25) is 0 Å². The summed E-state index contributed by atoms with van der Waals surface area (Å²) in [6.45, 7) is 1.92. The molecule has 5 atom stereocenters. The number of allylic oxidation sites excluding steroid dienone is 2. The summed E-state index contributed by atoms with van der Waals surface area (Å²) in [4.78, 5) is 2.53. The monoisotopic (exact) mass is 527 g/mol. The molecule has 0 radical (unpaired) electrons. The Morgan fingerprint density at radius 1 is 0.700 bits per heavy atom. The molecule has 4 aliphatic rings. The Labute approximate surface area is 236 Å². The summed E-state index contributed by atoms with van der Waals surface area (Å²) in [7, 11) is 0. The Bertz CT molecular complexity index is 1420. The standard InChI is InChI=1S/C34H33N5O/c35-21-32(22-36)28(25-12-4-1-5-13-25)20-29-31(33(32,23-37)24-38)30(26-14-6-2-7-15-26)27-16-8-9-17-34(27,40-29)39-18-10-3-11-19-39/h1-2,4-7,12-15,20,27-28,30-31H,3,8-11,16-19H2/t27-,28+,30-,31-,34-/m1/s1. The Morgan fingerprint density at radius 3 is 1.90 bits per heavy atom. The molecule has 0 unspecified atom stereocenters. The van der Waals surface area contributed by atoms with Gasteiger partial charge in [0.25, 0.3) is 0 Å². The van der Waals surface area contributed by atoms with Gasteiger partial charge in [0.05, 0.1) is 30.2 Å². The van der Waals surface area contributed by atoms with Crippen LogP contribution in [0.4, 0.5) is 0 Å². The number of likely N-dealkylation sites (tertiary alicyclic amines) is 1. The van der Waals surface area contributed by atoms with Gasteiger partial charge in [-0.3, -0.25) is 4.90 Å². The second kappa shape index (κ2) is 10.1. The molecule has 2 saturated heterocycles. The lowest BCUT2D eigenvalue weighted by atomic mass is 9.45. The van der Waals surface area contributed by atoms with Crippen LogP contribution in [-0.4, -0.2) is 23.7 Å². The average Bonchev–Trinajstić information content (AvgIpc) is 3.04. The molecule has 0 aromatic heterocycles. The molecule has 6 nitrogen and oxygen atoms in total. The summed E-state index contributed by atoms with van der Waals surface area (Å²) in [6.07, 6.45) is 9.25. The van der Waals surface area contributed by atoms with Crippen molar-refractivity contribution in [2.75, 3.05) is 13.1 Å². The molecule has 0 spiro atoms. The third-order valence-electron chi connectivity index (χ3n) is 10.1. The molecule has 40 heavy (non-hydrogen) atoms. The molecule has 6 heteroatoms. The van der Waals surface area contributed by atoms with Crippen molar-refractivity contribution in [2.45, 2.75) is 62.5 Å². The van der Waals surface area contributed by atoms with Gasteiger partial charge in [0.15, 0.2) is 16.6 Å². The maximum Gasteiger partial charge on any atom is 0.186 e. The lowest BCUT2D eigenvalue weighted by molar-refractivity contribution is -0.234. The minimum Gasteiger partial charge on any atom is -0.476 e. The van der Waals surface area contributed by atoms with E-state index in [-0.39, 0.29) is 11.8 Å². The first-order chi connectivity index (χ1) is 19.6. The molecule has 0 bridgehead atoms. The molecule has 3 fully saturated rings. The van der Waals surface area contributed by atoms with Gasteiger partial charge in [-0.2, -0.15) is 21.0 Å². The summed E-state index contributed by atoms with van der Waals surface area (Å²) < 4.78 is 7.23. The summed E-state index contributed by atoms with van der Waals surface area (Å²) in [5, 5.41) is 43.4. The van der Waals surface area contributed by atoms with E-state index >= 15 is 0 Å². The SMILES string of the molecule is N#CC1(C#N)[C@@H]2C(=C[C@@H](c3ccccc3)C1(C#N)C#N)O[C@]1(N3CCCCC3)CCCC[C@@H]1[C@H]2c1ccccc1. The van der Waals surface area contributed by atoms with Gasteiger partial charge in [0, 0.05) is 37.3 Å². The first-order valence-corrected chi connectivity index (χ1v) is 14.5. The van der Waals surface area contributed by atoms with Crippen molar-refractivity contribution in [3.05, 3.63) is 83.6 Å². The Kier molecular flexibility index (Phi) is 6.62. The van der Waals surface area contributed by atoms with E-state index in [9.17, 15) is 21.0 Å². The first-order valence-electron chi connectivity index (χ1n) is 14.5. The number of hydrogen-bond acceptors (Lipinski definition) is 6. The maximum atomic E-state index is 10.9. The van der Waals surface area contributed by atoms with Gasteiger partial charge in [-0.05, 0) is 42.9 Å². The van der Waals surface area contributed by atoms with Crippen molar-refractivity contribution in [1.82, 2.24) is 4.90 Å². The number of rotatable bonds is 3. The molecule has 2 aromatic rings. The molecule has 6 rings (SSSR count). The Hall–Kier alpha value is -4.10. The van der Waals surface area contributed by atoms with Crippen molar-refractivity contribution in [3.8, 4) is 24.3 Å². The van der Waals surface area contributed by atoms with Gasteiger partial charge < -0.3 is 4.74 Å². The zero-order valence-corrected chi connectivity index (χ0v) is 22.7. The fraction of sp³-hybridized carbons (Fsp3) is 0.471. The topological polar surface area (TPSA) is 108 Å². The number of nitriles is 4. The van der Waals surface area contributed by atoms with E-state index in [1.54, 1.807) is 0 Å². The Morgan fingerprint density at radius 2 is 1.30 bits per heavy atom. The van der Waals surface area contributed by atoms with Crippen LogP contribution in [0, 0.1) is 68.0 Å². The quantitative estimate of drug-likeness (QED) is 0.449. The predicted octanol–water partition coefficient (Wildman–Crippen LogP) is 6.54. The molecule has 200 valence electrons. The molecular weight excluding hydrogens is 494 g/mol. The number of fused-ring (bicyclic) bond motifs is 2. The largest absolute Gasteiger partial charge is 0.476 e. The van der Waals surface area contributed by atoms with E-state index in [0.717, 1.165) is 62.7 Å². The van der Waals surface area contributed by atoms with E-state index in [4.69, 9.17) is 4.74 Å². The Balaban J connectivity index is 1.66. The van der Waals surface area contributed by atoms with E-state index in [0.29, 0.717) is 5.76 Å². The summed E-state index contributed by atoms with van der Waals surface area (Å²) in [6, 6.07) is 28.6. The zero-order chi connectivity index (χ0) is 27.8. The smallest absolute Gasteiger partial charge is 0.186 e. The van der Waals surface area contributed by atoms with Gasteiger partial charge in [-0.25, -0.2) is 0 Å². The first kappa shape index (κ1) is 26.1. The lowest BCUT2D eigenvalue weighted by Gasteiger charge is -2.62. The number of benzene rings is 2. The van der Waals surface area contributed by atoms with Gasteiger partial charge in [0.2, 0.25) is 0 Å². The highest BCUT2D eigenvalue weighted by atomic mass is 16.5. The molecule has 1 saturated carbocycles. The zero-order valence-electron chi connectivity index (χ0n) is 22.7. The summed E-state index contributed by atoms with van der Waals surface area (Å²) >= 11 is 0. The van der Waals surface area contributed by atoms with Gasteiger partial charge >= 0.3 is 0 Å². The van der Waals surface area contributed by atoms with Crippen LogP contribution in [0.3, 0.4) is 0 Å².